The Morgan fingerprint density at radius 2 is 2.19 bits per heavy atom. The lowest BCUT2D eigenvalue weighted by Crippen LogP contribution is -2.12. The Morgan fingerprint density at radius 1 is 1.38 bits per heavy atom. The number of aromatic nitrogens is 4. The fraction of sp³-hybridized carbons (Fsp3) is 0.214. The summed E-state index contributed by atoms with van der Waals surface area (Å²) in [5, 5.41) is 11.5. The van der Waals surface area contributed by atoms with Gasteiger partial charge in [-0.2, -0.15) is 10.2 Å². The molecule has 1 N–H and O–H groups in total. The van der Waals surface area contributed by atoms with E-state index in [0.29, 0.717) is 16.2 Å². The summed E-state index contributed by atoms with van der Waals surface area (Å²) in [5.74, 6) is -0.355. The molecule has 6 nitrogen and oxygen atoms in total. The molecule has 1 amide bonds. The molecule has 3 heterocycles. The number of hydrogen-bond acceptors (Lipinski definition) is 3. The molecule has 3 aromatic heterocycles. The van der Waals surface area contributed by atoms with Gasteiger partial charge >= 0.3 is 0 Å². The lowest BCUT2D eigenvalue weighted by Gasteiger charge is -2.03. The van der Waals surface area contributed by atoms with Crippen LogP contribution in [0.25, 0.3) is 5.52 Å². The van der Waals surface area contributed by atoms with Gasteiger partial charge in [0.05, 0.1) is 22.4 Å². The summed E-state index contributed by atoms with van der Waals surface area (Å²) in [6, 6.07) is 5.71. The summed E-state index contributed by atoms with van der Waals surface area (Å²) in [7, 11) is 0. The Balaban J connectivity index is 1.88. The minimum atomic E-state index is -0.355. The number of nitrogens with zero attached hydrogens (tertiary/aromatic N) is 4. The lowest BCUT2D eigenvalue weighted by atomic mass is 10.3. The van der Waals surface area contributed by atoms with Crippen LogP contribution in [0.15, 0.2) is 36.8 Å². The number of rotatable bonds is 3. The largest absolute Gasteiger partial charge is 0.318 e. The quantitative estimate of drug-likeness (QED) is 0.809. The van der Waals surface area contributed by atoms with Crippen molar-refractivity contribution in [2.45, 2.75) is 19.9 Å². The Bertz CT molecular complexity index is 805. The molecule has 3 aromatic rings. The van der Waals surface area contributed by atoms with E-state index in [1.807, 2.05) is 32.0 Å². The summed E-state index contributed by atoms with van der Waals surface area (Å²) in [6.07, 6.45) is 5.11. The second-order valence-corrected chi connectivity index (χ2v) is 5.33. The van der Waals surface area contributed by atoms with Crippen molar-refractivity contribution < 1.29 is 4.79 Å². The number of carbonyl (C=O) groups is 1. The molecule has 0 unspecified atom stereocenters. The topological polar surface area (TPSA) is 64.2 Å². The van der Waals surface area contributed by atoms with Gasteiger partial charge in [0.1, 0.15) is 0 Å². The van der Waals surface area contributed by atoms with Crippen molar-refractivity contribution in [3.05, 3.63) is 47.5 Å². The van der Waals surface area contributed by atoms with Crippen molar-refractivity contribution in [2.24, 2.45) is 0 Å². The Hall–Kier alpha value is -2.34. The zero-order valence-electron chi connectivity index (χ0n) is 11.6. The van der Waals surface area contributed by atoms with E-state index >= 15 is 0 Å². The monoisotopic (exact) mass is 303 g/mol. The van der Waals surface area contributed by atoms with Crippen molar-refractivity contribution in [1.29, 1.82) is 0 Å². The normalized spacial score (nSPS) is 11.2. The predicted molar refractivity (Wildman–Crippen MR) is 80.8 cm³/mol. The summed E-state index contributed by atoms with van der Waals surface area (Å²) < 4.78 is 3.34. The summed E-state index contributed by atoms with van der Waals surface area (Å²) >= 11 is 6.21. The van der Waals surface area contributed by atoms with Crippen LogP contribution < -0.4 is 5.32 Å². The van der Waals surface area contributed by atoms with Crippen LogP contribution in [0.5, 0.6) is 0 Å². The van der Waals surface area contributed by atoms with Crippen molar-refractivity contribution in [1.82, 2.24) is 19.4 Å². The molecule has 0 saturated carbocycles. The molecule has 21 heavy (non-hydrogen) atoms. The maximum Gasteiger partial charge on any atom is 0.277 e. The molecule has 0 aliphatic heterocycles. The van der Waals surface area contributed by atoms with Gasteiger partial charge in [-0.1, -0.05) is 17.7 Å². The van der Waals surface area contributed by atoms with E-state index in [1.54, 1.807) is 27.8 Å². The predicted octanol–water partition coefficient (Wildman–Crippen LogP) is 3.02. The zero-order valence-corrected chi connectivity index (χ0v) is 12.4. The zero-order chi connectivity index (χ0) is 15.0. The molecule has 0 bridgehead atoms. The molecule has 108 valence electrons. The standard InChI is InChI=1S/C14H14ClN5O/c1-9(2)20-8-10(7-16-20)17-14(21)13-12(15)11-5-3-4-6-19(11)18-13/h3-9H,1-2H3,(H,17,21). The third-order valence-corrected chi connectivity index (χ3v) is 3.46. The smallest absolute Gasteiger partial charge is 0.277 e. The van der Waals surface area contributed by atoms with Crippen molar-refractivity contribution in [3.8, 4) is 0 Å². The molecule has 3 rings (SSSR count). The molecule has 0 spiro atoms. The number of carbonyl (C=O) groups excluding carboxylic acids is 1. The molecule has 7 heteroatoms. The van der Waals surface area contributed by atoms with Gasteiger partial charge in [-0.05, 0) is 26.0 Å². The highest BCUT2D eigenvalue weighted by Gasteiger charge is 2.18. The first kappa shape index (κ1) is 13.6. The van der Waals surface area contributed by atoms with E-state index in [9.17, 15) is 4.79 Å². The van der Waals surface area contributed by atoms with Crippen molar-refractivity contribution in [2.75, 3.05) is 5.32 Å². The van der Waals surface area contributed by atoms with Gasteiger partial charge in [0, 0.05) is 18.4 Å². The lowest BCUT2D eigenvalue weighted by molar-refractivity contribution is 0.102. The van der Waals surface area contributed by atoms with E-state index in [0.717, 1.165) is 0 Å². The number of halogens is 1. The van der Waals surface area contributed by atoms with Crippen molar-refractivity contribution >= 4 is 28.7 Å². The molecule has 0 aliphatic carbocycles. The van der Waals surface area contributed by atoms with Gasteiger partial charge in [-0.15, -0.1) is 0 Å². The van der Waals surface area contributed by atoms with Crippen LogP contribution in [0, 0.1) is 0 Å². The first-order valence-electron chi connectivity index (χ1n) is 6.54. The van der Waals surface area contributed by atoms with Gasteiger partial charge in [-0.3, -0.25) is 9.48 Å². The third kappa shape index (κ3) is 2.50. The van der Waals surface area contributed by atoms with Crippen LogP contribution in [0.2, 0.25) is 5.02 Å². The van der Waals surface area contributed by atoms with Gasteiger partial charge < -0.3 is 5.32 Å². The van der Waals surface area contributed by atoms with Crippen molar-refractivity contribution in [3.63, 3.8) is 0 Å². The Labute approximate surface area is 126 Å². The summed E-state index contributed by atoms with van der Waals surface area (Å²) in [4.78, 5) is 12.3. The fourth-order valence-corrected chi connectivity index (χ4v) is 2.26. The highest BCUT2D eigenvalue weighted by Crippen LogP contribution is 2.22. The highest BCUT2D eigenvalue weighted by molar-refractivity contribution is 6.37. The van der Waals surface area contributed by atoms with E-state index in [1.165, 1.54) is 0 Å². The summed E-state index contributed by atoms with van der Waals surface area (Å²) in [5.41, 5.74) is 1.50. The van der Waals surface area contributed by atoms with Crippen LogP contribution in [-0.2, 0) is 0 Å². The Kier molecular flexibility index (Phi) is 3.39. The minimum absolute atomic E-state index is 0.195. The maximum absolute atomic E-state index is 12.3. The second kappa shape index (κ2) is 5.21. The van der Waals surface area contributed by atoms with Crippen LogP contribution in [-0.4, -0.2) is 25.3 Å². The molecule has 0 aromatic carbocycles. The number of pyridine rings is 1. The number of anilines is 1. The van der Waals surface area contributed by atoms with Crippen LogP contribution in [0.4, 0.5) is 5.69 Å². The first-order valence-corrected chi connectivity index (χ1v) is 6.92. The van der Waals surface area contributed by atoms with E-state index in [2.05, 4.69) is 15.5 Å². The molecular formula is C14H14ClN5O. The number of fused-ring (bicyclic) bond motifs is 1. The van der Waals surface area contributed by atoms with Crippen LogP contribution >= 0.6 is 11.6 Å². The van der Waals surface area contributed by atoms with E-state index in [-0.39, 0.29) is 17.6 Å². The maximum atomic E-state index is 12.3. The third-order valence-electron chi connectivity index (χ3n) is 3.08. The fourth-order valence-electron chi connectivity index (χ4n) is 1.99. The molecule has 0 aliphatic rings. The molecule has 0 saturated heterocycles. The first-order chi connectivity index (χ1) is 10.1. The van der Waals surface area contributed by atoms with Gasteiger partial charge in [0.2, 0.25) is 0 Å². The molecule has 0 radical (unpaired) electrons. The van der Waals surface area contributed by atoms with Gasteiger partial charge in [0.15, 0.2) is 5.69 Å². The molecule has 0 fully saturated rings. The van der Waals surface area contributed by atoms with E-state index < -0.39 is 0 Å². The SMILES string of the molecule is CC(C)n1cc(NC(=O)c2nn3ccccc3c2Cl)cn1. The average molecular weight is 304 g/mol. The van der Waals surface area contributed by atoms with E-state index in [4.69, 9.17) is 11.6 Å². The van der Waals surface area contributed by atoms with Crippen LogP contribution in [0.1, 0.15) is 30.4 Å². The average Bonchev–Trinajstić information content (AvgIpc) is 3.05. The molecule has 0 atom stereocenters. The number of amides is 1. The molecular weight excluding hydrogens is 290 g/mol. The van der Waals surface area contributed by atoms with Gasteiger partial charge in [0.25, 0.3) is 5.91 Å². The second-order valence-electron chi connectivity index (χ2n) is 4.95. The summed E-state index contributed by atoms with van der Waals surface area (Å²) in [6.45, 7) is 4.02. The van der Waals surface area contributed by atoms with Crippen LogP contribution in [0.3, 0.4) is 0 Å². The number of hydrogen-bond donors (Lipinski definition) is 1. The Morgan fingerprint density at radius 3 is 2.86 bits per heavy atom. The van der Waals surface area contributed by atoms with Gasteiger partial charge in [-0.25, -0.2) is 4.52 Å². The minimum Gasteiger partial charge on any atom is -0.318 e. The highest BCUT2D eigenvalue weighted by atomic mass is 35.5. The number of nitrogens with one attached hydrogen (secondary N) is 1.